The fourth-order valence-corrected chi connectivity index (χ4v) is 4.61. The lowest BCUT2D eigenvalue weighted by Gasteiger charge is -2.34. The molecule has 1 atom stereocenters. The van der Waals surface area contributed by atoms with Crippen molar-refractivity contribution in [1.29, 1.82) is 0 Å². The molecule has 0 unspecified atom stereocenters. The van der Waals surface area contributed by atoms with Gasteiger partial charge in [-0.15, -0.1) is 0 Å². The highest BCUT2D eigenvalue weighted by Gasteiger charge is 2.30. The number of carbonyl (C=O) groups excluding carboxylic acids is 1. The first-order valence-corrected chi connectivity index (χ1v) is 11.1. The van der Waals surface area contributed by atoms with Crippen LogP contribution in [0.5, 0.6) is 11.5 Å². The van der Waals surface area contributed by atoms with E-state index in [0.29, 0.717) is 6.54 Å². The van der Waals surface area contributed by atoms with Crippen molar-refractivity contribution in [3.05, 3.63) is 65.5 Å². The lowest BCUT2D eigenvalue weighted by Crippen LogP contribution is -2.46. The number of likely N-dealkylation sites (tertiary alicyclic amines) is 1. The Balaban J connectivity index is 1.28. The van der Waals surface area contributed by atoms with Crippen molar-refractivity contribution in [2.75, 3.05) is 18.7 Å². The molecule has 166 valence electrons. The summed E-state index contributed by atoms with van der Waals surface area (Å²) in [6, 6.07) is 15.7. The van der Waals surface area contributed by atoms with E-state index in [-0.39, 0.29) is 18.7 Å². The van der Waals surface area contributed by atoms with Gasteiger partial charge in [-0.2, -0.15) is 5.10 Å². The van der Waals surface area contributed by atoms with Gasteiger partial charge in [0.15, 0.2) is 11.5 Å². The Hall–Kier alpha value is -3.32. The summed E-state index contributed by atoms with van der Waals surface area (Å²) in [5.74, 6) is 1.62. The lowest BCUT2D eigenvalue weighted by molar-refractivity contribution is -0.122. The Morgan fingerprint density at radius 3 is 2.75 bits per heavy atom. The highest BCUT2D eigenvalue weighted by atomic mass is 16.7. The van der Waals surface area contributed by atoms with Gasteiger partial charge >= 0.3 is 0 Å². The predicted octanol–water partition coefficient (Wildman–Crippen LogP) is 4.21. The van der Waals surface area contributed by atoms with E-state index in [0.717, 1.165) is 65.6 Å². The molecule has 0 spiro atoms. The smallest absolute Gasteiger partial charge is 0.241 e. The van der Waals surface area contributed by atoms with Crippen molar-refractivity contribution in [1.82, 2.24) is 14.7 Å². The van der Waals surface area contributed by atoms with Gasteiger partial charge in [-0.25, -0.2) is 4.68 Å². The van der Waals surface area contributed by atoms with Crippen LogP contribution in [-0.2, 0) is 11.3 Å². The number of piperidine rings is 1. The van der Waals surface area contributed by atoms with E-state index in [4.69, 9.17) is 9.47 Å². The number of anilines is 1. The summed E-state index contributed by atoms with van der Waals surface area (Å²) in [6.45, 7) is 5.83. The maximum atomic E-state index is 13.2. The zero-order chi connectivity index (χ0) is 22.1. The van der Waals surface area contributed by atoms with Gasteiger partial charge in [0.1, 0.15) is 0 Å². The summed E-state index contributed by atoms with van der Waals surface area (Å²) in [7, 11) is 0. The van der Waals surface area contributed by atoms with Gasteiger partial charge < -0.3 is 14.8 Å². The van der Waals surface area contributed by atoms with E-state index in [9.17, 15) is 4.79 Å². The van der Waals surface area contributed by atoms with Crippen molar-refractivity contribution >= 4 is 11.6 Å². The average Bonchev–Trinajstić information content (AvgIpc) is 3.41. The predicted molar refractivity (Wildman–Crippen MR) is 122 cm³/mol. The summed E-state index contributed by atoms with van der Waals surface area (Å²) in [4.78, 5) is 15.4. The van der Waals surface area contributed by atoms with Gasteiger partial charge in [0.05, 0.1) is 17.4 Å². The topological polar surface area (TPSA) is 68.6 Å². The van der Waals surface area contributed by atoms with Crippen molar-refractivity contribution in [2.24, 2.45) is 0 Å². The van der Waals surface area contributed by atoms with Gasteiger partial charge in [-0.1, -0.05) is 18.6 Å². The number of nitrogens with one attached hydrogen (secondary N) is 1. The number of hydrogen-bond acceptors (Lipinski definition) is 5. The largest absolute Gasteiger partial charge is 0.454 e. The third-order valence-electron chi connectivity index (χ3n) is 6.16. The Bertz CT molecular complexity index is 1120. The lowest BCUT2D eigenvalue weighted by atomic mass is 10.00. The van der Waals surface area contributed by atoms with E-state index in [1.54, 1.807) is 0 Å². The van der Waals surface area contributed by atoms with Gasteiger partial charge in [0.25, 0.3) is 0 Å². The first-order chi connectivity index (χ1) is 15.6. The Morgan fingerprint density at radius 1 is 1.12 bits per heavy atom. The number of fused-ring (bicyclic) bond motifs is 1. The molecule has 1 saturated heterocycles. The summed E-state index contributed by atoms with van der Waals surface area (Å²) < 4.78 is 13.1. The highest BCUT2D eigenvalue weighted by Crippen LogP contribution is 2.36. The average molecular weight is 433 g/mol. The van der Waals surface area contributed by atoms with Gasteiger partial charge in [0, 0.05) is 23.5 Å². The number of nitrogens with zero attached hydrogens (tertiary/aromatic N) is 3. The second kappa shape index (κ2) is 8.67. The van der Waals surface area contributed by atoms with E-state index < -0.39 is 0 Å². The normalized spacial score (nSPS) is 18.0. The molecule has 0 radical (unpaired) electrons. The van der Waals surface area contributed by atoms with Crippen LogP contribution in [0.3, 0.4) is 0 Å². The Labute approximate surface area is 187 Å². The van der Waals surface area contributed by atoms with Crippen LogP contribution in [0.4, 0.5) is 5.69 Å². The van der Waals surface area contributed by atoms with Crippen LogP contribution in [0, 0.1) is 13.8 Å². The van der Waals surface area contributed by atoms with Crippen molar-refractivity contribution in [3.63, 3.8) is 0 Å². The number of aromatic nitrogens is 2. The molecule has 1 aromatic heterocycles. The maximum Gasteiger partial charge on any atom is 0.241 e. The van der Waals surface area contributed by atoms with Gasteiger partial charge in [0.2, 0.25) is 12.7 Å². The molecule has 1 N–H and O–H groups in total. The summed E-state index contributed by atoms with van der Waals surface area (Å²) >= 11 is 0. The van der Waals surface area contributed by atoms with Crippen LogP contribution < -0.4 is 14.8 Å². The Kier molecular flexibility index (Phi) is 5.57. The zero-order valence-electron chi connectivity index (χ0n) is 18.5. The molecule has 0 saturated carbocycles. The summed E-state index contributed by atoms with van der Waals surface area (Å²) in [5.41, 5.74) is 4.90. The number of benzene rings is 2. The number of para-hydroxylation sites is 1. The number of carbonyl (C=O) groups is 1. The zero-order valence-corrected chi connectivity index (χ0v) is 18.5. The molecule has 3 aromatic rings. The first kappa shape index (κ1) is 20.6. The van der Waals surface area contributed by atoms with Gasteiger partial charge in [-0.05, 0) is 69.6 Å². The molecule has 2 aliphatic heterocycles. The molecule has 7 nitrogen and oxygen atoms in total. The summed E-state index contributed by atoms with van der Waals surface area (Å²) in [5, 5.41) is 7.63. The highest BCUT2D eigenvalue weighted by molar-refractivity contribution is 5.95. The quantitative estimate of drug-likeness (QED) is 0.654. The molecule has 1 amide bonds. The minimum absolute atomic E-state index is 0.0355. The van der Waals surface area contributed by atoms with Crippen LogP contribution in [0.25, 0.3) is 5.69 Å². The van der Waals surface area contributed by atoms with E-state index >= 15 is 0 Å². The van der Waals surface area contributed by atoms with Crippen molar-refractivity contribution in [2.45, 2.75) is 45.7 Å². The number of amides is 1. The van der Waals surface area contributed by atoms with E-state index in [1.165, 1.54) is 0 Å². The molecular formula is C25H28N4O3. The number of hydrogen-bond donors (Lipinski definition) is 1. The van der Waals surface area contributed by atoms with Crippen molar-refractivity contribution in [3.8, 4) is 17.2 Å². The fourth-order valence-electron chi connectivity index (χ4n) is 4.61. The van der Waals surface area contributed by atoms with Crippen LogP contribution in [0.2, 0.25) is 0 Å². The fraction of sp³-hybridized carbons (Fsp3) is 0.360. The number of aryl methyl sites for hydroxylation is 2. The Morgan fingerprint density at radius 2 is 1.97 bits per heavy atom. The number of ether oxygens (including phenoxy) is 2. The molecule has 2 aliphatic rings. The van der Waals surface area contributed by atoms with Crippen LogP contribution >= 0.6 is 0 Å². The maximum absolute atomic E-state index is 13.2. The van der Waals surface area contributed by atoms with Crippen LogP contribution in [0.15, 0.2) is 48.5 Å². The minimum Gasteiger partial charge on any atom is -0.454 e. The first-order valence-electron chi connectivity index (χ1n) is 11.1. The second-order valence-corrected chi connectivity index (χ2v) is 8.51. The third kappa shape index (κ3) is 4.08. The standard InChI is InChI=1S/C25H28N4O3/c1-17-14-18(2)29(27-17)21-11-9-20(10-12-21)26-25(30)22-7-3-4-13-28(22)15-19-6-5-8-23-24(19)32-16-31-23/h5-6,8-12,14,22H,3-4,7,13,15-16H2,1-2H3,(H,26,30)/t22-/m1/s1. The summed E-state index contributed by atoms with van der Waals surface area (Å²) in [6.07, 6.45) is 2.99. The van der Waals surface area contributed by atoms with Crippen LogP contribution in [-0.4, -0.2) is 40.0 Å². The van der Waals surface area contributed by atoms with Crippen LogP contribution in [0.1, 0.15) is 36.2 Å². The third-order valence-corrected chi connectivity index (χ3v) is 6.16. The molecule has 32 heavy (non-hydrogen) atoms. The van der Waals surface area contributed by atoms with Gasteiger partial charge in [-0.3, -0.25) is 9.69 Å². The van der Waals surface area contributed by atoms with Crippen molar-refractivity contribution < 1.29 is 14.3 Å². The SMILES string of the molecule is Cc1cc(C)n(-c2ccc(NC(=O)[C@H]3CCCCN3Cc3cccc4c3OCO4)cc2)n1. The van der Waals surface area contributed by atoms with E-state index in [2.05, 4.69) is 21.4 Å². The molecular weight excluding hydrogens is 404 g/mol. The van der Waals surface area contributed by atoms with E-state index in [1.807, 2.05) is 61.0 Å². The number of rotatable bonds is 5. The molecule has 0 aliphatic carbocycles. The molecule has 1 fully saturated rings. The molecule has 5 rings (SSSR count). The molecule has 3 heterocycles. The molecule has 2 aromatic carbocycles. The molecule has 0 bridgehead atoms. The monoisotopic (exact) mass is 432 g/mol. The minimum atomic E-state index is -0.169. The molecule has 7 heteroatoms. The second-order valence-electron chi connectivity index (χ2n) is 8.51.